The molecule has 26 heavy (non-hydrogen) atoms. The summed E-state index contributed by atoms with van der Waals surface area (Å²) in [7, 11) is 1.40. The van der Waals surface area contributed by atoms with Crippen molar-refractivity contribution in [1.82, 2.24) is 14.8 Å². The number of aromatic nitrogens is 3. The first-order valence-corrected chi connectivity index (χ1v) is 9.56. The molecule has 0 unspecified atom stereocenters. The lowest BCUT2D eigenvalue weighted by molar-refractivity contribution is 0.0600. The third kappa shape index (κ3) is 3.37. The van der Waals surface area contributed by atoms with E-state index >= 15 is 0 Å². The third-order valence-electron chi connectivity index (χ3n) is 4.39. The molecule has 0 spiro atoms. The van der Waals surface area contributed by atoms with Crippen molar-refractivity contribution in [2.75, 3.05) is 7.11 Å². The van der Waals surface area contributed by atoms with Gasteiger partial charge in [-0.2, -0.15) is 0 Å². The minimum Gasteiger partial charge on any atom is -0.465 e. The lowest BCUT2D eigenvalue weighted by atomic mass is 10.1. The van der Waals surface area contributed by atoms with Crippen LogP contribution >= 0.6 is 11.8 Å². The third-order valence-corrected chi connectivity index (χ3v) is 5.37. The topological polar surface area (TPSA) is 57.0 Å². The number of carbonyl (C=O) groups is 1. The highest BCUT2D eigenvalue weighted by atomic mass is 32.2. The number of ether oxygens (including phenoxy) is 1. The summed E-state index contributed by atoms with van der Waals surface area (Å²) >= 11 is 1.58. The molecule has 0 saturated heterocycles. The van der Waals surface area contributed by atoms with Crippen molar-refractivity contribution in [3.63, 3.8) is 0 Å². The minimum atomic E-state index is -0.315. The Kier molecular flexibility index (Phi) is 4.75. The molecular formula is C20H19N3O2S. The Morgan fingerprint density at radius 2 is 1.85 bits per heavy atom. The van der Waals surface area contributed by atoms with Crippen molar-refractivity contribution in [2.45, 2.75) is 29.7 Å². The quantitative estimate of drug-likeness (QED) is 0.483. The second-order valence-corrected chi connectivity index (χ2v) is 7.17. The van der Waals surface area contributed by atoms with E-state index in [-0.39, 0.29) is 5.97 Å². The molecular weight excluding hydrogens is 346 g/mol. The molecule has 0 bridgehead atoms. The van der Waals surface area contributed by atoms with Crippen molar-refractivity contribution in [2.24, 2.45) is 0 Å². The number of rotatable bonds is 6. The van der Waals surface area contributed by atoms with E-state index in [0.717, 1.165) is 22.2 Å². The fourth-order valence-corrected chi connectivity index (χ4v) is 3.86. The number of benzene rings is 2. The Hall–Kier alpha value is -2.60. The number of para-hydroxylation sites is 1. The van der Waals surface area contributed by atoms with E-state index in [1.807, 2.05) is 36.4 Å². The van der Waals surface area contributed by atoms with E-state index in [9.17, 15) is 4.79 Å². The second-order valence-electron chi connectivity index (χ2n) is 6.22. The first-order chi connectivity index (χ1) is 12.8. The fourth-order valence-electron chi connectivity index (χ4n) is 2.90. The molecule has 1 aromatic heterocycles. The normalized spacial score (nSPS) is 13.6. The first-order valence-electron chi connectivity index (χ1n) is 8.57. The van der Waals surface area contributed by atoms with Gasteiger partial charge in [0.05, 0.1) is 12.7 Å². The summed E-state index contributed by atoms with van der Waals surface area (Å²) in [5.41, 5.74) is 2.60. The molecule has 132 valence electrons. The number of esters is 1. The maximum atomic E-state index is 12.0. The molecule has 1 aliphatic carbocycles. The van der Waals surface area contributed by atoms with Crippen LogP contribution in [-0.2, 0) is 10.5 Å². The predicted octanol–water partition coefficient (Wildman–Crippen LogP) is 4.22. The standard InChI is InChI=1S/C20H19N3O2S/c1-25-19(24)17-10-6-5-7-15(17)13-26-20-22-21-18(14-11-12-14)23(20)16-8-3-2-4-9-16/h2-10,14H,11-13H2,1H3. The largest absolute Gasteiger partial charge is 0.465 e. The van der Waals surface area contributed by atoms with E-state index in [0.29, 0.717) is 17.2 Å². The van der Waals surface area contributed by atoms with Crippen molar-refractivity contribution in [3.8, 4) is 5.69 Å². The van der Waals surface area contributed by atoms with Crippen LogP contribution in [-0.4, -0.2) is 27.8 Å². The Bertz CT molecular complexity index is 920. The highest BCUT2D eigenvalue weighted by Gasteiger charge is 2.31. The molecule has 1 heterocycles. The maximum absolute atomic E-state index is 12.0. The van der Waals surface area contributed by atoms with Crippen LogP contribution in [0.3, 0.4) is 0 Å². The summed E-state index contributed by atoms with van der Waals surface area (Å²) in [6.45, 7) is 0. The Morgan fingerprint density at radius 1 is 1.12 bits per heavy atom. The SMILES string of the molecule is COC(=O)c1ccccc1CSc1nnc(C2CC2)n1-c1ccccc1. The van der Waals surface area contributed by atoms with Gasteiger partial charge in [0.2, 0.25) is 0 Å². The Labute approximate surface area is 156 Å². The number of methoxy groups -OCH3 is 1. The van der Waals surface area contributed by atoms with Crippen LogP contribution in [0.2, 0.25) is 0 Å². The predicted molar refractivity (Wildman–Crippen MR) is 101 cm³/mol. The number of thioether (sulfide) groups is 1. The molecule has 0 amide bonds. The zero-order valence-corrected chi connectivity index (χ0v) is 15.3. The van der Waals surface area contributed by atoms with Gasteiger partial charge >= 0.3 is 5.97 Å². The van der Waals surface area contributed by atoms with E-state index in [1.165, 1.54) is 20.0 Å². The van der Waals surface area contributed by atoms with Gasteiger partial charge in [-0.25, -0.2) is 4.79 Å². The van der Waals surface area contributed by atoms with Crippen LogP contribution in [0.4, 0.5) is 0 Å². The lowest BCUT2D eigenvalue weighted by Gasteiger charge is -2.11. The molecule has 6 heteroatoms. The van der Waals surface area contributed by atoms with E-state index < -0.39 is 0 Å². The van der Waals surface area contributed by atoms with E-state index in [1.54, 1.807) is 17.8 Å². The highest BCUT2D eigenvalue weighted by Crippen LogP contribution is 2.41. The minimum absolute atomic E-state index is 0.315. The van der Waals surface area contributed by atoms with Gasteiger partial charge < -0.3 is 4.74 Å². The number of hydrogen-bond donors (Lipinski definition) is 0. The molecule has 0 atom stereocenters. The molecule has 0 N–H and O–H groups in total. The van der Waals surface area contributed by atoms with Gasteiger partial charge in [-0.05, 0) is 36.6 Å². The summed E-state index contributed by atoms with van der Waals surface area (Å²) in [6.07, 6.45) is 2.33. The van der Waals surface area contributed by atoms with Crippen molar-refractivity contribution < 1.29 is 9.53 Å². The molecule has 3 aromatic rings. The van der Waals surface area contributed by atoms with Gasteiger partial charge in [0.15, 0.2) is 5.16 Å². The van der Waals surface area contributed by atoms with Crippen molar-refractivity contribution in [1.29, 1.82) is 0 Å². The number of carbonyl (C=O) groups excluding carboxylic acids is 1. The molecule has 5 nitrogen and oxygen atoms in total. The van der Waals surface area contributed by atoms with Gasteiger partial charge in [0, 0.05) is 17.4 Å². The van der Waals surface area contributed by atoms with E-state index in [2.05, 4.69) is 26.9 Å². The Morgan fingerprint density at radius 3 is 2.58 bits per heavy atom. The number of nitrogens with zero attached hydrogens (tertiary/aromatic N) is 3. The van der Waals surface area contributed by atoms with Gasteiger partial charge in [0.1, 0.15) is 5.82 Å². The van der Waals surface area contributed by atoms with Crippen molar-refractivity contribution >= 4 is 17.7 Å². The van der Waals surface area contributed by atoms with Crippen LogP contribution in [0.5, 0.6) is 0 Å². The first kappa shape index (κ1) is 16.8. The molecule has 1 saturated carbocycles. The number of hydrogen-bond acceptors (Lipinski definition) is 5. The van der Waals surface area contributed by atoms with Crippen LogP contribution in [0, 0.1) is 0 Å². The maximum Gasteiger partial charge on any atom is 0.338 e. The summed E-state index contributed by atoms with van der Waals surface area (Å²) in [4.78, 5) is 12.0. The zero-order chi connectivity index (χ0) is 17.9. The van der Waals surface area contributed by atoms with E-state index in [4.69, 9.17) is 4.74 Å². The van der Waals surface area contributed by atoms with Gasteiger partial charge in [-0.15, -0.1) is 10.2 Å². The molecule has 4 rings (SSSR count). The van der Waals surface area contributed by atoms with Crippen LogP contribution in [0.25, 0.3) is 5.69 Å². The fraction of sp³-hybridized carbons (Fsp3) is 0.250. The van der Waals surface area contributed by atoms with Gasteiger partial charge in [-0.3, -0.25) is 4.57 Å². The monoisotopic (exact) mass is 365 g/mol. The van der Waals surface area contributed by atoms with Crippen LogP contribution < -0.4 is 0 Å². The van der Waals surface area contributed by atoms with Crippen molar-refractivity contribution in [3.05, 3.63) is 71.5 Å². The smallest absolute Gasteiger partial charge is 0.338 e. The molecule has 1 aliphatic rings. The average molecular weight is 365 g/mol. The summed E-state index contributed by atoms with van der Waals surface area (Å²) in [6, 6.07) is 17.7. The molecule has 0 aliphatic heterocycles. The second kappa shape index (κ2) is 7.33. The van der Waals surface area contributed by atoms with Crippen LogP contribution in [0.1, 0.15) is 40.5 Å². The van der Waals surface area contributed by atoms with Gasteiger partial charge in [0.25, 0.3) is 0 Å². The highest BCUT2D eigenvalue weighted by molar-refractivity contribution is 7.98. The lowest BCUT2D eigenvalue weighted by Crippen LogP contribution is -2.05. The van der Waals surface area contributed by atoms with Gasteiger partial charge in [-0.1, -0.05) is 48.2 Å². The summed E-state index contributed by atoms with van der Waals surface area (Å²) in [5, 5.41) is 9.71. The zero-order valence-electron chi connectivity index (χ0n) is 14.5. The molecule has 1 fully saturated rings. The Balaban J connectivity index is 1.63. The molecule has 0 radical (unpaired) electrons. The molecule has 2 aromatic carbocycles. The average Bonchev–Trinajstić information content (AvgIpc) is 3.46. The van der Waals surface area contributed by atoms with Crippen LogP contribution in [0.15, 0.2) is 59.8 Å². The summed E-state index contributed by atoms with van der Waals surface area (Å²) < 4.78 is 7.03. The summed E-state index contributed by atoms with van der Waals surface area (Å²) in [5.74, 6) is 1.84.